The Labute approximate surface area is 186 Å². The Kier molecular flexibility index (Phi) is 5.34. The molecule has 0 saturated heterocycles. The Morgan fingerprint density at radius 1 is 1.00 bits per heavy atom. The first-order chi connectivity index (χ1) is 15.0. The molecule has 0 bridgehead atoms. The van der Waals surface area contributed by atoms with Gasteiger partial charge in [0.05, 0.1) is 29.2 Å². The van der Waals surface area contributed by atoms with Crippen LogP contribution in [0.3, 0.4) is 0 Å². The molecule has 0 aliphatic carbocycles. The summed E-state index contributed by atoms with van der Waals surface area (Å²) in [4.78, 5) is 24.7. The third-order valence-corrected chi connectivity index (χ3v) is 5.71. The van der Waals surface area contributed by atoms with E-state index < -0.39 is 10.0 Å². The Bertz CT molecular complexity index is 1470. The van der Waals surface area contributed by atoms with Crippen LogP contribution >= 0.6 is 0 Å². The molecule has 0 aliphatic rings. The molecule has 164 valence electrons. The highest BCUT2D eigenvalue weighted by atomic mass is 32.2. The average Bonchev–Trinajstić information content (AvgIpc) is 2.72. The second kappa shape index (κ2) is 7.87. The number of rotatable bonds is 4. The maximum Gasteiger partial charge on any atom is 0.255 e. The van der Waals surface area contributed by atoms with Gasteiger partial charge >= 0.3 is 0 Å². The summed E-state index contributed by atoms with van der Waals surface area (Å²) in [5.41, 5.74) is 5.26. The predicted octanol–water partition coefficient (Wildman–Crippen LogP) is 4.32. The third kappa shape index (κ3) is 4.55. The molecule has 2 N–H and O–H groups in total. The lowest BCUT2D eigenvalue weighted by Crippen LogP contribution is -2.13. The monoisotopic (exact) mass is 448 g/mol. The highest BCUT2D eigenvalue weighted by Crippen LogP contribution is 2.33. The van der Waals surface area contributed by atoms with Crippen molar-refractivity contribution in [3.05, 3.63) is 76.8 Å². The molecule has 4 rings (SSSR count). The number of aromatic amines is 1. The van der Waals surface area contributed by atoms with E-state index in [2.05, 4.69) is 35.5 Å². The number of nitrogens with zero attached hydrogens (tertiary/aromatic N) is 2. The van der Waals surface area contributed by atoms with E-state index in [1.54, 1.807) is 48.8 Å². The SMILES string of the molecule is CC(C)(C)c1cc(-c2ccc[nH]c2=O)c2ncc(-c3ccc(NS(C)(=O)=O)cc3)nc2c1. The zero-order chi connectivity index (χ0) is 23.1. The number of pyridine rings is 1. The molecule has 8 heteroatoms. The molecule has 2 heterocycles. The van der Waals surface area contributed by atoms with E-state index in [0.29, 0.717) is 28.0 Å². The zero-order valence-electron chi connectivity index (χ0n) is 18.3. The van der Waals surface area contributed by atoms with Crippen LogP contribution in [0.5, 0.6) is 0 Å². The van der Waals surface area contributed by atoms with Gasteiger partial charge in [0.1, 0.15) is 0 Å². The topological polar surface area (TPSA) is 105 Å². The van der Waals surface area contributed by atoms with Gasteiger partial charge in [-0.25, -0.2) is 13.4 Å². The van der Waals surface area contributed by atoms with Crippen molar-refractivity contribution in [2.24, 2.45) is 0 Å². The Hall–Kier alpha value is -3.52. The largest absolute Gasteiger partial charge is 0.329 e. The van der Waals surface area contributed by atoms with Crippen molar-refractivity contribution < 1.29 is 8.42 Å². The number of benzene rings is 2. The normalized spacial score (nSPS) is 12.1. The molecular weight excluding hydrogens is 424 g/mol. The molecule has 0 amide bonds. The highest BCUT2D eigenvalue weighted by Gasteiger charge is 2.19. The summed E-state index contributed by atoms with van der Waals surface area (Å²) < 4.78 is 25.3. The maximum absolute atomic E-state index is 12.5. The number of H-pyrrole nitrogens is 1. The first-order valence-corrected chi connectivity index (χ1v) is 12.0. The summed E-state index contributed by atoms with van der Waals surface area (Å²) in [6.45, 7) is 6.33. The van der Waals surface area contributed by atoms with Gasteiger partial charge < -0.3 is 4.98 Å². The lowest BCUT2D eigenvalue weighted by Gasteiger charge is -2.21. The van der Waals surface area contributed by atoms with Crippen LogP contribution in [0, 0.1) is 0 Å². The first-order valence-electron chi connectivity index (χ1n) is 10.1. The van der Waals surface area contributed by atoms with Crippen LogP contribution in [0.15, 0.2) is 65.7 Å². The van der Waals surface area contributed by atoms with Crippen molar-refractivity contribution in [1.82, 2.24) is 15.0 Å². The van der Waals surface area contributed by atoms with E-state index >= 15 is 0 Å². The quantitative estimate of drug-likeness (QED) is 0.484. The van der Waals surface area contributed by atoms with E-state index in [-0.39, 0.29) is 11.0 Å². The summed E-state index contributed by atoms with van der Waals surface area (Å²) >= 11 is 0. The Morgan fingerprint density at radius 2 is 1.72 bits per heavy atom. The molecule has 0 saturated carbocycles. The highest BCUT2D eigenvalue weighted by molar-refractivity contribution is 7.92. The summed E-state index contributed by atoms with van der Waals surface area (Å²) in [5, 5.41) is 0. The molecule has 2 aromatic carbocycles. The Morgan fingerprint density at radius 3 is 2.34 bits per heavy atom. The molecule has 0 aliphatic heterocycles. The minimum Gasteiger partial charge on any atom is -0.329 e. The van der Waals surface area contributed by atoms with Gasteiger partial charge in [0.15, 0.2) is 0 Å². The van der Waals surface area contributed by atoms with Gasteiger partial charge in [-0.1, -0.05) is 32.9 Å². The number of nitrogens with one attached hydrogen (secondary N) is 2. The van der Waals surface area contributed by atoms with Gasteiger partial charge in [-0.05, 0) is 47.4 Å². The van der Waals surface area contributed by atoms with Gasteiger partial charge in [-0.2, -0.15) is 0 Å². The lowest BCUT2D eigenvalue weighted by atomic mass is 9.85. The van der Waals surface area contributed by atoms with Crippen LogP contribution in [0.2, 0.25) is 0 Å². The van der Waals surface area contributed by atoms with E-state index in [1.807, 2.05) is 12.1 Å². The van der Waals surface area contributed by atoms with Crippen molar-refractivity contribution in [1.29, 1.82) is 0 Å². The fraction of sp³-hybridized carbons (Fsp3) is 0.208. The zero-order valence-corrected chi connectivity index (χ0v) is 19.1. The molecule has 32 heavy (non-hydrogen) atoms. The molecule has 4 aromatic rings. The summed E-state index contributed by atoms with van der Waals surface area (Å²) in [6.07, 6.45) is 4.38. The minimum absolute atomic E-state index is 0.152. The first kappa shape index (κ1) is 21.7. The van der Waals surface area contributed by atoms with Gasteiger partial charge in [0, 0.05) is 28.6 Å². The van der Waals surface area contributed by atoms with Crippen molar-refractivity contribution in [2.45, 2.75) is 26.2 Å². The summed E-state index contributed by atoms with van der Waals surface area (Å²) in [7, 11) is -3.34. The molecule has 7 nitrogen and oxygen atoms in total. The standard InChI is InChI=1S/C24H24N4O3S/c1-24(2,3)16-12-19(18-6-5-11-25-23(18)29)22-20(13-16)27-21(14-26-22)15-7-9-17(10-8-15)28-32(4,30)31/h5-14,28H,1-4H3,(H,25,29). The van der Waals surface area contributed by atoms with Crippen LogP contribution in [0.4, 0.5) is 5.69 Å². The van der Waals surface area contributed by atoms with Crippen molar-refractivity contribution in [3.63, 3.8) is 0 Å². The smallest absolute Gasteiger partial charge is 0.255 e. The van der Waals surface area contributed by atoms with Crippen LogP contribution in [0.1, 0.15) is 26.3 Å². The number of aromatic nitrogens is 3. The van der Waals surface area contributed by atoms with Crippen LogP contribution in [-0.4, -0.2) is 29.6 Å². The summed E-state index contributed by atoms with van der Waals surface area (Å²) in [5.74, 6) is 0. The fourth-order valence-corrected chi connectivity index (χ4v) is 4.02. The van der Waals surface area contributed by atoms with E-state index in [1.165, 1.54) is 0 Å². The second-order valence-corrected chi connectivity index (χ2v) is 10.5. The van der Waals surface area contributed by atoms with Gasteiger partial charge in [0.2, 0.25) is 10.0 Å². The van der Waals surface area contributed by atoms with Crippen molar-refractivity contribution in [2.75, 3.05) is 11.0 Å². The summed E-state index contributed by atoms with van der Waals surface area (Å²) in [6, 6.07) is 14.5. The maximum atomic E-state index is 12.5. The van der Waals surface area contributed by atoms with Gasteiger partial charge in [0.25, 0.3) is 5.56 Å². The minimum atomic E-state index is -3.34. The van der Waals surface area contributed by atoms with E-state index in [4.69, 9.17) is 4.98 Å². The molecule has 0 unspecified atom stereocenters. The number of fused-ring (bicyclic) bond motifs is 1. The predicted molar refractivity (Wildman–Crippen MR) is 128 cm³/mol. The van der Waals surface area contributed by atoms with Crippen LogP contribution in [0.25, 0.3) is 33.4 Å². The molecule has 0 atom stereocenters. The lowest BCUT2D eigenvalue weighted by molar-refractivity contribution is 0.591. The molecule has 0 radical (unpaired) electrons. The molecule has 0 fully saturated rings. The Balaban J connectivity index is 1.87. The number of anilines is 1. The molecular formula is C24H24N4O3S. The van der Waals surface area contributed by atoms with E-state index in [9.17, 15) is 13.2 Å². The number of hydrogen-bond donors (Lipinski definition) is 2. The van der Waals surface area contributed by atoms with Gasteiger partial charge in [-0.15, -0.1) is 0 Å². The number of hydrogen-bond acceptors (Lipinski definition) is 5. The molecule has 2 aromatic heterocycles. The molecule has 0 spiro atoms. The fourth-order valence-electron chi connectivity index (χ4n) is 3.46. The van der Waals surface area contributed by atoms with E-state index in [0.717, 1.165) is 22.9 Å². The second-order valence-electron chi connectivity index (χ2n) is 8.76. The van der Waals surface area contributed by atoms with Crippen LogP contribution < -0.4 is 10.3 Å². The van der Waals surface area contributed by atoms with Gasteiger partial charge in [-0.3, -0.25) is 14.5 Å². The number of sulfonamides is 1. The van der Waals surface area contributed by atoms with Crippen molar-refractivity contribution in [3.8, 4) is 22.4 Å². The third-order valence-electron chi connectivity index (χ3n) is 5.10. The average molecular weight is 449 g/mol. The van der Waals surface area contributed by atoms with Crippen molar-refractivity contribution >= 4 is 26.7 Å². The van der Waals surface area contributed by atoms with Crippen LogP contribution in [-0.2, 0) is 15.4 Å².